The number of benzene rings is 1. The van der Waals surface area contributed by atoms with Crippen molar-refractivity contribution >= 4 is 18.6 Å². The van der Waals surface area contributed by atoms with Gasteiger partial charge < -0.3 is 22.5 Å². The molecule has 1 heterocycles. The van der Waals surface area contributed by atoms with Crippen molar-refractivity contribution in [3.63, 3.8) is 0 Å². The van der Waals surface area contributed by atoms with Crippen molar-refractivity contribution < 1.29 is 18.0 Å². The molecule has 178 valence electrons. The Morgan fingerprint density at radius 3 is 2.27 bits per heavy atom. The first-order chi connectivity index (χ1) is 15.7. The smallest absolute Gasteiger partial charge is 0.204 e. The number of hydrogen-bond acceptors (Lipinski definition) is 5. The Hall–Kier alpha value is -3.43. The summed E-state index contributed by atoms with van der Waals surface area (Å²) in [5.41, 5.74) is 18.8. The molecule has 9 heteroatoms. The molecule has 0 bridgehead atoms. The molecule has 2 aromatic rings. The highest BCUT2D eigenvalue weighted by Crippen LogP contribution is 2.25. The molecule has 1 aromatic carbocycles. The topological polar surface area (TPSA) is 120 Å². The highest BCUT2D eigenvalue weighted by atomic mass is 19.2. The summed E-state index contributed by atoms with van der Waals surface area (Å²) in [6, 6.07) is 2.99. The van der Waals surface area contributed by atoms with Gasteiger partial charge in [0.25, 0.3) is 0 Å². The van der Waals surface area contributed by atoms with Gasteiger partial charge in [0.2, 0.25) is 6.41 Å². The summed E-state index contributed by atoms with van der Waals surface area (Å²) in [4.78, 5) is 12.9. The zero-order valence-electron chi connectivity index (χ0n) is 18.4. The summed E-state index contributed by atoms with van der Waals surface area (Å²) in [5, 5.41) is 3.23. The summed E-state index contributed by atoms with van der Waals surface area (Å²) in [6.07, 6.45) is 6.66. The number of hydrogen-bond donors (Lipinski definition) is 4. The van der Waals surface area contributed by atoms with Crippen molar-refractivity contribution in [3.8, 4) is 0 Å². The number of nitrogens with two attached hydrogens (primary N) is 3. The van der Waals surface area contributed by atoms with Crippen LogP contribution in [0.2, 0.25) is 0 Å². The lowest BCUT2D eigenvalue weighted by molar-refractivity contribution is -0.106. The average Bonchev–Trinajstić information content (AvgIpc) is 2.80. The molecule has 0 aliphatic heterocycles. The van der Waals surface area contributed by atoms with E-state index in [1.807, 2.05) is 6.07 Å². The standard InChI is InChI=1S/C23H27F3N4.CH3NO/c1-4-16-12-17(13-29-21(16)5-2)22(30-14(3)20(28)7-6-8-27)11-15-9-18(24)23(26)19(25)10-15;2-1-3/h4-5,9-10,12-13,20,22,30H,1-3,6-8,11,27-28H2;1H,(H2,2,3). The number of carbonyl (C=O) groups is 1. The minimum absolute atomic E-state index is 0.155. The van der Waals surface area contributed by atoms with Crippen LogP contribution >= 0.6 is 0 Å². The number of primary amides is 1. The van der Waals surface area contributed by atoms with E-state index in [4.69, 9.17) is 16.3 Å². The van der Waals surface area contributed by atoms with Gasteiger partial charge in [-0.1, -0.05) is 25.8 Å². The van der Waals surface area contributed by atoms with Gasteiger partial charge in [-0.15, -0.1) is 0 Å². The van der Waals surface area contributed by atoms with Crippen molar-refractivity contribution in [3.05, 3.63) is 89.7 Å². The molecule has 0 aliphatic carbocycles. The second kappa shape index (κ2) is 13.9. The highest BCUT2D eigenvalue weighted by Gasteiger charge is 2.19. The van der Waals surface area contributed by atoms with Gasteiger partial charge in [0.1, 0.15) is 0 Å². The number of aromatic nitrogens is 1. The van der Waals surface area contributed by atoms with Gasteiger partial charge >= 0.3 is 0 Å². The number of carbonyl (C=O) groups excluding carboxylic acids is 1. The number of amides is 1. The minimum Gasteiger partial charge on any atom is -0.380 e. The number of nitrogens with zero attached hydrogens (tertiary/aromatic N) is 1. The van der Waals surface area contributed by atoms with E-state index in [-0.39, 0.29) is 24.4 Å². The lowest BCUT2D eigenvalue weighted by Crippen LogP contribution is -2.34. The molecule has 0 spiro atoms. The maximum Gasteiger partial charge on any atom is 0.204 e. The lowest BCUT2D eigenvalue weighted by atomic mass is 9.96. The van der Waals surface area contributed by atoms with Gasteiger partial charge in [0, 0.05) is 17.9 Å². The Kier molecular flexibility index (Phi) is 11.6. The van der Waals surface area contributed by atoms with Gasteiger partial charge in [-0.25, -0.2) is 13.2 Å². The van der Waals surface area contributed by atoms with Gasteiger partial charge in [-0.2, -0.15) is 0 Å². The van der Waals surface area contributed by atoms with Gasteiger partial charge in [-0.05, 0) is 66.8 Å². The Balaban J connectivity index is 0.00000172. The summed E-state index contributed by atoms with van der Waals surface area (Å²) in [6.45, 7) is 12.0. The second-order valence-electron chi connectivity index (χ2n) is 7.12. The molecule has 7 N–H and O–H groups in total. The van der Waals surface area contributed by atoms with Crippen LogP contribution in [0.5, 0.6) is 0 Å². The van der Waals surface area contributed by atoms with Crippen molar-refractivity contribution in [1.82, 2.24) is 10.3 Å². The number of halogens is 3. The maximum atomic E-state index is 13.7. The summed E-state index contributed by atoms with van der Waals surface area (Å²) in [7, 11) is 0. The number of nitrogens with one attached hydrogen (secondary N) is 1. The Morgan fingerprint density at radius 2 is 1.76 bits per heavy atom. The van der Waals surface area contributed by atoms with Crippen molar-refractivity contribution in [2.45, 2.75) is 31.3 Å². The molecule has 0 fully saturated rings. The van der Waals surface area contributed by atoms with E-state index >= 15 is 0 Å². The third-order valence-corrected chi connectivity index (χ3v) is 4.80. The fraction of sp³-hybridized carbons (Fsp3) is 0.250. The van der Waals surface area contributed by atoms with Gasteiger partial charge in [-0.3, -0.25) is 9.78 Å². The molecular weight excluding hydrogens is 431 g/mol. The van der Waals surface area contributed by atoms with Gasteiger partial charge in [0.15, 0.2) is 17.5 Å². The lowest BCUT2D eigenvalue weighted by Gasteiger charge is -2.25. The van der Waals surface area contributed by atoms with E-state index in [9.17, 15) is 13.2 Å². The van der Waals surface area contributed by atoms with Crippen LogP contribution in [0.15, 0.2) is 49.8 Å². The Labute approximate surface area is 192 Å². The zero-order valence-corrected chi connectivity index (χ0v) is 18.4. The second-order valence-corrected chi connectivity index (χ2v) is 7.12. The molecule has 2 unspecified atom stereocenters. The number of rotatable bonds is 11. The van der Waals surface area contributed by atoms with E-state index < -0.39 is 23.5 Å². The van der Waals surface area contributed by atoms with Crippen LogP contribution in [0.3, 0.4) is 0 Å². The molecule has 0 aliphatic rings. The molecule has 0 saturated heterocycles. The van der Waals surface area contributed by atoms with E-state index in [0.717, 1.165) is 29.7 Å². The summed E-state index contributed by atoms with van der Waals surface area (Å²) < 4.78 is 40.8. The largest absolute Gasteiger partial charge is 0.380 e. The van der Waals surface area contributed by atoms with E-state index in [1.165, 1.54) is 0 Å². The third-order valence-electron chi connectivity index (χ3n) is 4.80. The molecule has 1 amide bonds. The normalized spacial score (nSPS) is 12.0. The highest BCUT2D eigenvalue weighted by molar-refractivity contribution is 5.61. The predicted octanol–water partition coefficient (Wildman–Crippen LogP) is 3.34. The summed E-state index contributed by atoms with van der Waals surface area (Å²) in [5.74, 6) is -3.98. The monoisotopic (exact) mass is 461 g/mol. The fourth-order valence-electron chi connectivity index (χ4n) is 3.09. The minimum atomic E-state index is -1.50. The first-order valence-electron chi connectivity index (χ1n) is 10.2. The van der Waals surface area contributed by atoms with E-state index in [1.54, 1.807) is 18.3 Å². The first kappa shape index (κ1) is 27.6. The molecule has 2 atom stereocenters. The van der Waals surface area contributed by atoms with Crippen LogP contribution < -0.4 is 22.5 Å². The van der Waals surface area contributed by atoms with Crippen LogP contribution in [0.25, 0.3) is 12.2 Å². The van der Waals surface area contributed by atoms with Crippen LogP contribution in [0.1, 0.15) is 41.3 Å². The molecule has 2 rings (SSSR count). The number of pyridine rings is 1. The van der Waals surface area contributed by atoms with E-state index in [2.05, 4.69) is 35.8 Å². The molecule has 6 nitrogen and oxygen atoms in total. The van der Waals surface area contributed by atoms with E-state index in [0.29, 0.717) is 24.4 Å². The van der Waals surface area contributed by atoms with Gasteiger partial charge in [0.05, 0.1) is 11.7 Å². The fourth-order valence-corrected chi connectivity index (χ4v) is 3.09. The Bertz CT molecular complexity index is 958. The quantitative estimate of drug-likeness (QED) is 0.302. The van der Waals surface area contributed by atoms with Crippen molar-refractivity contribution in [2.24, 2.45) is 17.2 Å². The SMILES string of the molecule is C=Cc1cc(C(Cc2cc(F)c(F)c(F)c2)NC(=C)C(N)CCCN)cnc1C=C.NC=O. The van der Waals surface area contributed by atoms with Crippen molar-refractivity contribution in [2.75, 3.05) is 6.54 Å². The van der Waals surface area contributed by atoms with Crippen molar-refractivity contribution in [1.29, 1.82) is 0 Å². The molecule has 0 saturated carbocycles. The summed E-state index contributed by atoms with van der Waals surface area (Å²) >= 11 is 0. The molecule has 0 radical (unpaired) electrons. The zero-order chi connectivity index (χ0) is 25.0. The van der Waals surface area contributed by atoms with Crippen LogP contribution in [0.4, 0.5) is 13.2 Å². The third kappa shape index (κ3) is 8.21. The molecule has 33 heavy (non-hydrogen) atoms. The van der Waals surface area contributed by atoms with Crippen LogP contribution in [-0.2, 0) is 11.2 Å². The Morgan fingerprint density at radius 1 is 1.15 bits per heavy atom. The van der Waals surface area contributed by atoms with Crippen LogP contribution in [-0.4, -0.2) is 24.0 Å². The first-order valence-corrected chi connectivity index (χ1v) is 10.2. The average molecular weight is 462 g/mol. The van der Waals surface area contributed by atoms with Crippen LogP contribution in [0, 0.1) is 17.5 Å². The molecule has 1 aromatic heterocycles. The molecular formula is C24H30F3N5O. The maximum absolute atomic E-state index is 13.7. The predicted molar refractivity (Wildman–Crippen MR) is 126 cm³/mol.